The number of carbonyl (C=O) groups excluding carboxylic acids is 1. The molecule has 0 saturated heterocycles. The van der Waals surface area contributed by atoms with E-state index in [1.54, 1.807) is 6.08 Å². The highest BCUT2D eigenvalue weighted by Gasteiger charge is 2.34. The van der Waals surface area contributed by atoms with Crippen LogP contribution in [-0.4, -0.2) is 44.8 Å². The molecule has 7 heterocycles. The van der Waals surface area contributed by atoms with Gasteiger partial charge in [-0.25, -0.2) is 4.99 Å². The molecule has 4 aliphatic heterocycles. The topological polar surface area (TPSA) is 115 Å². The van der Waals surface area contributed by atoms with Crippen LogP contribution in [0.2, 0.25) is 0 Å². The summed E-state index contributed by atoms with van der Waals surface area (Å²) in [5.41, 5.74) is 20.5. The highest BCUT2D eigenvalue weighted by atomic mass is 16.5. The number of allylic oxidation sites excluding steroid dienone is 4. The van der Waals surface area contributed by atoms with E-state index in [0.717, 1.165) is 185 Å². The minimum absolute atomic E-state index is 0.0242. The number of ether oxygens (including phenoxy) is 2. The number of H-pyrrole nitrogens is 3. The number of ketones is 1. The molecule has 3 aromatic carbocycles. The molecule has 1 aliphatic carbocycles. The molecule has 8 heteroatoms. The summed E-state index contributed by atoms with van der Waals surface area (Å²) in [6.07, 6.45) is 20.8. The van der Waals surface area contributed by atoms with Gasteiger partial charge >= 0.3 is 0 Å². The number of carbonyl (C=O) groups is 1. The molecule has 6 aromatic rings. The third-order valence-corrected chi connectivity index (χ3v) is 15.8. The van der Waals surface area contributed by atoms with Gasteiger partial charge in [-0.1, -0.05) is 105 Å². The monoisotopic (exact) mass is 961 g/mol. The van der Waals surface area contributed by atoms with Crippen LogP contribution >= 0.6 is 0 Å². The Morgan fingerprint density at radius 2 is 1.14 bits per heavy atom. The molecule has 8 nitrogen and oxygen atoms in total. The molecule has 14 bridgehead atoms. The zero-order valence-electron chi connectivity index (χ0n) is 43.9. The van der Waals surface area contributed by atoms with Gasteiger partial charge in [-0.15, -0.1) is 0 Å². The van der Waals surface area contributed by atoms with Crippen molar-refractivity contribution in [2.45, 2.75) is 145 Å². The number of rotatable bonds is 8. The van der Waals surface area contributed by atoms with Crippen molar-refractivity contribution in [3.63, 3.8) is 0 Å². The summed E-state index contributed by atoms with van der Waals surface area (Å²) in [7, 11) is 0. The van der Waals surface area contributed by atoms with Crippen LogP contribution in [0.25, 0.3) is 45.7 Å². The number of aromatic hydroxyl groups is 1. The van der Waals surface area contributed by atoms with Gasteiger partial charge in [0.05, 0.1) is 41.4 Å². The van der Waals surface area contributed by atoms with E-state index < -0.39 is 0 Å². The number of nitrogens with zero attached hydrogens (tertiary/aromatic N) is 1. The SMILES string of the molecule is CCC1=C(CC)C2=NC1=Cc1[nH]c(c(CC)c1CC)C1=C3C(=O)C=Cc4ccc(cc43)OCCCCCCCCOc3ccc4ccc(O)c(c4c3)C2=c2[nH]c(c(CC)c2CC)=Cc2[nH]c1c(CC)c2CC. The van der Waals surface area contributed by atoms with Gasteiger partial charge in [0.15, 0.2) is 5.78 Å². The second-order valence-electron chi connectivity index (χ2n) is 19.8. The van der Waals surface area contributed by atoms with Gasteiger partial charge in [-0.2, -0.15) is 0 Å². The lowest BCUT2D eigenvalue weighted by Crippen LogP contribution is -2.22. The predicted molar refractivity (Wildman–Crippen MR) is 298 cm³/mol. The van der Waals surface area contributed by atoms with Gasteiger partial charge in [0.1, 0.15) is 17.2 Å². The second-order valence-corrected chi connectivity index (χ2v) is 19.8. The van der Waals surface area contributed by atoms with Crippen molar-refractivity contribution in [2.75, 3.05) is 13.2 Å². The van der Waals surface area contributed by atoms with Gasteiger partial charge in [-0.05, 0) is 179 Å². The standard InChI is InChI=1S/C64H72N4O4/c1-9-41-45(13-5)61-59-57-49-33-39(27-23-37(49)25-29-55(57)69)71-31-21-19-17-18-20-22-32-72-40-28-24-38-26-30-56(70)58(50(38)34-40)60(63-46(14-6)42(10-2)52(66-63)35-51(41)65-61)64-48(16-8)44(12-4)54(68-64)36-53-43(11-3)47(15-7)62(59)67-53/h23-30,33-36,65-67,70H,9-22,31-32H2,1-8H3. The third-order valence-electron chi connectivity index (χ3n) is 15.8. The number of hydrogen-bond acceptors (Lipinski definition) is 5. The van der Waals surface area contributed by atoms with Crippen LogP contribution in [0.3, 0.4) is 0 Å². The number of nitrogens with one attached hydrogen (secondary N) is 3. The molecule has 0 saturated carbocycles. The van der Waals surface area contributed by atoms with Gasteiger partial charge in [0.25, 0.3) is 0 Å². The van der Waals surface area contributed by atoms with Crippen LogP contribution in [0.15, 0.2) is 76.4 Å². The lowest BCUT2D eigenvalue weighted by atomic mass is 9.83. The van der Waals surface area contributed by atoms with Crippen LogP contribution < -0.4 is 20.2 Å². The summed E-state index contributed by atoms with van der Waals surface area (Å²) in [6.45, 7) is 19.1. The fourth-order valence-corrected chi connectivity index (χ4v) is 12.4. The largest absolute Gasteiger partial charge is 0.507 e. The summed E-state index contributed by atoms with van der Waals surface area (Å²) < 4.78 is 13.1. The third kappa shape index (κ3) is 8.44. The number of fused-ring (bicyclic) bond motifs is 9. The van der Waals surface area contributed by atoms with Crippen molar-refractivity contribution < 1.29 is 19.4 Å². The first-order valence-corrected chi connectivity index (χ1v) is 27.3. The van der Waals surface area contributed by atoms with Crippen LogP contribution in [-0.2, 0) is 43.3 Å². The van der Waals surface area contributed by atoms with Crippen LogP contribution in [0.1, 0.15) is 180 Å². The lowest BCUT2D eigenvalue weighted by Gasteiger charge is -2.21. The van der Waals surface area contributed by atoms with E-state index in [2.05, 4.69) is 119 Å². The van der Waals surface area contributed by atoms with Crippen molar-refractivity contribution in [3.05, 3.63) is 155 Å². The molecular weight excluding hydrogens is 889 g/mol. The lowest BCUT2D eigenvalue weighted by molar-refractivity contribution is -0.109. The van der Waals surface area contributed by atoms with E-state index in [1.807, 2.05) is 18.2 Å². The molecule has 372 valence electrons. The van der Waals surface area contributed by atoms with Crippen molar-refractivity contribution in [1.82, 2.24) is 15.0 Å². The minimum atomic E-state index is -0.0242. The number of aromatic nitrogens is 3. The van der Waals surface area contributed by atoms with E-state index in [4.69, 9.17) is 14.5 Å². The maximum absolute atomic E-state index is 15.0. The minimum Gasteiger partial charge on any atom is -0.507 e. The Bertz CT molecular complexity index is 3430. The first-order chi connectivity index (χ1) is 35.2. The van der Waals surface area contributed by atoms with Gasteiger partial charge in [0, 0.05) is 39.0 Å². The molecule has 5 aliphatic rings. The molecule has 0 fully saturated rings. The summed E-state index contributed by atoms with van der Waals surface area (Å²) in [6, 6.07) is 16.5. The Kier molecular flexibility index (Phi) is 14.1. The molecule has 4 N–H and O–H groups in total. The van der Waals surface area contributed by atoms with Crippen LogP contribution in [0, 0.1) is 0 Å². The first-order valence-electron chi connectivity index (χ1n) is 27.3. The molecule has 0 atom stereocenters. The number of benzene rings is 3. The fourth-order valence-electron chi connectivity index (χ4n) is 12.4. The zero-order valence-corrected chi connectivity index (χ0v) is 43.9. The van der Waals surface area contributed by atoms with Crippen LogP contribution in [0.5, 0.6) is 17.2 Å². The molecule has 0 amide bonds. The Morgan fingerprint density at radius 1 is 0.556 bits per heavy atom. The fraction of sp³-hybridized carbons (Fsp3) is 0.375. The Labute approximate surface area is 425 Å². The number of aliphatic imine (C=N–C) groups is 1. The molecular formula is C64H72N4O4. The van der Waals surface area contributed by atoms with Crippen molar-refractivity contribution >= 4 is 57.2 Å². The highest BCUT2D eigenvalue weighted by Crippen LogP contribution is 2.45. The first kappa shape index (κ1) is 48.8. The van der Waals surface area contributed by atoms with E-state index in [-0.39, 0.29) is 11.5 Å². The summed E-state index contributed by atoms with van der Waals surface area (Å²) in [5.74, 6) is 1.75. The van der Waals surface area contributed by atoms with Crippen molar-refractivity contribution in [1.29, 1.82) is 0 Å². The summed E-state index contributed by atoms with van der Waals surface area (Å²) >= 11 is 0. The number of aromatic amines is 3. The van der Waals surface area contributed by atoms with Gasteiger partial charge in [0.2, 0.25) is 0 Å². The van der Waals surface area contributed by atoms with Crippen molar-refractivity contribution in [2.24, 2.45) is 4.99 Å². The summed E-state index contributed by atoms with van der Waals surface area (Å²) in [5, 5.41) is 16.4. The average molecular weight is 961 g/mol. The van der Waals surface area contributed by atoms with E-state index in [9.17, 15) is 5.11 Å². The second kappa shape index (κ2) is 20.7. The van der Waals surface area contributed by atoms with E-state index >= 15 is 4.79 Å². The van der Waals surface area contributed by atoms with Crippen LogP contribution in [0.4, 0.5) is 0 Å². The smallest absolute Gasteiger partial charge is 0.187 e. The van der Waals surface area contributed by atoms with Crippen molar-refractivity contribution in [3.8, 4) is 17.2 Å². The number of phenols is 1. The molecule has 72 heavy (non-hydrogen) atoms. The number of hydrogen-bond donors (Lipinski definition) is 4. The Balaban J connectivity index is 1.42. The Hall–Kier alpha value is -6.80. The van der Waals surface area contributed by atoms with Gasteiger partial charge in [-0.3, -0.25) is 4.79 Å². The predicted octanol–water partition coefficient (Wildman–Crippen LogP) is 13.5. The molecule has 0 radical (unpaired) electrons. The van der Waals surface area contributed by atoms with E-state index in [1.165, 1.54) is 44.5 Å². The molecule has 0 spiro atoms. The maximum Gasteiger partial charge on any atom is 0.187 e. The quantitative estimate of drug-likeness (QED) is 0.122. The van der Waals surface area contributed by atoms with Gasteiger partial charge < -0.3 is 29.5 Å². The van der Waals surface area contributed by atoms with E-state index in [0.29, 0.717) is 18.8 Å². The average Bonchev–Trinajstić information content (AvgIpc) is 4.14. The summed E-state index contributed by atoms with van der Waals surface area (Å²) in [4.78, 5) is 33.0. The normalized spacial score (nSPS) is 16.2. The molecule has 11 rings (SSSR count). The number of phenolic OH excluding ortho intramolecular Hbond substituents is 1. The zero-order chi connectivity index (χ0) is 50.2. The Morgan fingerprint density at radius 3 is 1.76 bits per heavy atom. The maximum atomic E-state index is 15.0. The molecule has 0 unspecified atom stereocenters. The highest BCUT2D eigenvalue weighted by molar-refractivity contribution is 6.37. The molecule has 3 aromatic heterocycles.